The molecule has 0 amide bonds. The van der Waals surface area contributed by atoms with Crippen molar-refractivity contribution in [1.82, 2.24) is 9.72 Å². The van der Waals surface area contributed by atoms with Crippen LogP contribution in [0, 0.1) is 0 Å². The fourth-order valence-electron chi connectivity index (χ4n) is 2.15. The predicted octanol–water partition coefficient (Wildman–Crippen LogP) is 3.08. The molecule has 0 aliphatic heterocycles. The number of benzene rings is 1. The summed E-state index contributed by atoms with van der Waals surface area (Å²) in [5.41, 5.74) is 7.47. The van der Waals surface area contributed by atoms with Crippen molar-refractivity contribution in [2.75, 3.05) is 12.8 Å². The lowest BCUT2D eigenvalue weighted by Gasteiger charge is -2.04. The van der Waals surface area contributed by atoms with E-state index >= 15 is 0 Å². The number of nitrogen functional groups attached to an aromatic ring is 1. The van der Waals surface area contributed by atoms with Crippen molar-refractivity contribution in [2.45, 2.75) is 0 Å². The topological polar surface area (TPSA) is 66.2 Å². The van der Waals surface area contributed by atoms with E-state index in [2.05, 4.69) is 5.16 Å². The fourth-order valence-corrected chi connectivity index (χ4v) is 2.39. The minimum Gasteiger partial charge on any atom is -0.495 e. The normalized spacial score (nSPS) is 11.1. The number of aryl methyl sites for hydroxylation is 1. The number of halogens is 1. The first-order valence-electron chi connectivity index (χ1n) is 5.65. The van der Waals surface area contributed by atoms with Gasteiger partial charge >= 0.3 is 0 Å². The molecule has 0 unspecified atom stereocenters. The number of nitrogens with two attached hydrogens (primary N) is 1. The van der Waals surface area contributed by atoms with Crippen LogP contribution in [0.5, 0.6) is 5.75 Å². The van der Waals surface area contributed by atoms with Crippen LogP contribution in [0.15, 0.2) is 28.9 Å². The van der Waals surface area contributed by atoms with Crippen molar-refractivity contribution in [3.8, 4) is 17.1 Å². The zero-order valence-electron chi connectivity index (χ0n) is 10.5. The van der Waals surface area contributed by atoms with Gasteiger partial charge in [-0.15, -0.1) is 0 Å². The number of hydrogen-bond acceptors (Lipinski definition) is 4. The van der Waals surface area contributed by atoms with Gasteiger partial charge in [0.05, 0.1) is 17.6 Å². The van der Waals surface area contributed by atoms with Gasteiger partial charge < -0.3 is 19.6 Å². The van der Waals surface area contributed by atoms with Crippen LogP contribution in [-0.2, 0) is 7.05 Å². The Labute approximate surface area is 114 Å². The highest BCUT2D eigenvalue weighted by Crippen LogP contribution is 2.36. The number of hydrogen-bond donors (Lipinski definition) is 1. The third kappa shape index (κ3) is 1.82. The largest absolute Gasteiger partial charge is 0.495 e. The van der Waals surface area contributed by atoms with E-state index < -0.39 is 0 Å². The SMILES string of the molecule is COc1cc2c(-c3cc(N)no3)cn(C)c2cc1Cl. The first kappa shape index (κ1) is 11.9. The van der Waals surface area contributed by atoms with Crippen molar-refractivity contribution in [2.24, 2.45) is 7.05 Å². The molecule has 5 nitrogen and oxygen atoms in total. The maximum absolute atomic E-state index is 6.14. The number of fused-ring (bicyclic) bond motifs is 1. The van der Waals surface area contributed by atoms with Gasteiger partial charge in [-0.25, -0.2) is 0 Å². The summed E-state index contributed by atoms with van der Waals surface area (Å²) >= 11 is 6.14. The van der Waals surface area contributed by atoms with Gasteiger partial charge in [0, 0.05) is 30.3 Å². The Hall–Kier alpha value is -2.14. The van der Waals surface area contributed by atoms with Crippen molar-refractivity contribution >= 4 is 28.3 Å². The van der Waals surface area contributed by atoms with Crippen LogP contribution >= 0.6 is 11.6 Å². The number of anilines is 1. The number of ether oxygens (including phenoxy) is 1. The lowest BCUT2D eigenvalue weighted by Crippen LogP contribution is -1.86. The van der Waals surface area contributed by atoms with Gasteiger partial charge in [0.2, 0.25) is 0 Å². The standard InChI is InChI=1S/C13H12ClN3O2/c1-17-6-8(11-5-13(15)16-19-11)7-3-12(18-2)9(14)4-10(7)17/h3-6H,1-2H3,(H2,15,16). The minimum atomic E-state index is 0.355. The Morgan fingerprint density at radius 2 is 2.16 bits per heavy atom. The minimum absolute atomic E-state index is 0.355. The van der Waals surface area contributed by atoms with Gasteiger partial charge in [0.15, 0.2) is 11.6 Å². The van der Waals surface area contributed by atoms with E-state index in [1.807, 2.05) is 29.9 Å². The molecule has 0 saturated heterocycles. The van der Waals surface area contributed by atoms with E-state index in [4.69, 9.17) is 26.6 Å². The molecule has 0 spiro atoms. The van der Waals surface area contributed by atoms with Gasteiger partial charge in [-0.1, -0.05) is 16.8 Å². The number of rotatable bonds is 2. The fraction of sp³-hybridized carbons (Fsp3) is 0.154. The summed E-state index contributed by atoms with van der Waals surface area (Å²) in [4.78, 5) is 0. The molecule has 0 aliphatic rings. The van der Waals surface area contributed by atoms with Crippen molar-refractivity contribution < 1.29 is 9.26 Å². The summed E-state index contributed by atoms with van der Waals surface area (Å²) in [5.74, 6) is 1.59. The van der Waals surface area contributed by atoms with Gasteiger partial charge in [-0.05, 0) is 12.1 Å². The highest BCUT2D eigenvalue weighted by Gasteiger charge is 2.15. The van der Waals surface area contributed by atoms with E-state index in [0.717, 1.165) is 16.5 Å². The average Bonchev–Trinajstić information content (AvgIpc) is 2.93. The first-order valence-corrected chi connectivity index (χ1v) is 6.03. The zero-order chi connectivity index (χ0) is 13.6. The Balaban J connectivity index is 2.31. The molecule has 3 rings (SSSR count). The molecule has 0 fully saturated rings. The van der Waals surface area contributed by atoms with Crippen molar-refractivity contribution in [1.29, 1.82) is 0 Å². The average molecular weight is 278 g/mol. The zero-order valence-corrected chi connectivity index (χ0v) is 11.2. The lowest BCUT2D eigenvalue weighted by molar-refractivity contribution is 0.415. The molecule has 1 aromatic carbocycles. The molecular formula is C13H12ClN3O2. The summed E-state index contributed by atoms with van der Waals surface area (Å²) in [5, 5.41) is 5.25. The van der Waals surface area contributed by atoms with Crippen LogP contribution < -0.4 is 10.5 Å². The van der Waals surface area contributed by atoms with Crippen LogP contribution in [-0.4, -0.2) is 16.8 Å². The number of nitrogens with zero attached hydrogens (tertiary/aromatic N) is 2. The molecule has 98 valence electrons. The van der Waals surface area contributed by atoms with Crippen LogP contribution in [0.3, 0.4) is 0 Å². The summed E-state index contributed by atoms with van der Waals surface area (Å²) in [6, 6.07) is 5.43. The van der Waals surface area contributed by atoms with Crippen molar-refractivity contribution in [3.05, 3.63) is 29.4 Å². The molecule has 0 saturated carbocycles. The van der Waals surface area contributed by atoms with Gasteiger partial charge in [0.25, 0.3) is 0 Å². The van der Waals surface area contributed by atoms with Crippen molar-refractivity contribution in [3.63, 3.8) is 0 Å². The van der Waals surface area contributed by atoms with Gasteiger partial charge in [0.1, 0.15) is 5.75 Å². The highest BCUT2D eigenvalue weighted by molar-refractivity contribution is 6.33. The summed E-state index contributed by atoms with van der Waals surface area (Å²) in [6.45, 7) is 0. The highest BCUT2D eigenvalue weighted by atomic mass is 35.5. The lowest BCUT2D eigenvalue weighted by atomic mass is 10.1. The smallest absolute Gasteiger partial charge is 0.171 e. The van der Waals surface area contributed by atoms with E-state index in [0.29, 0.717) is 22.4 Å². The molecule has 2 aromatic heterocycles. The second-order valence-electron chi connectivity index (χ2n) is 4.27. The van der Waals surface area contributed by atoms with Crippen LogP contribution in [0.2, 0.25) is 5.02 Å². The van der Waals surface area contributed by atoms with Crippen LogP contribution in [0.1, 0.15) is 0 Å². The van der Waals surface area contributed by atoms with Crippen LogP contribution in [0.25, 0.3) is 22.2 Å². The summed E-state index contributed by atoms with van der Waals surface area (Å²) in [6.07, 6.45) is 1.94. The Morgan fingerprint density at radius 1 is 1.37 bits per heavy atom. The second-order valence-corrected chi connectivity index (χ2v) is 4.68. The maximum Gasteiger partial charge on any atom is 0.171 e. The quantitative estimate of drug-likeness (QED) is 0.782. The second kappa shape index (κ2) is 4.20. The molecule has 0 radical (unpaired) electrons. The third-order valence-corrected chi connectivity index (χ3v) is 3.35. The molecule has 0 bridgehead atoms. The first-order chi connectivity index (χ1) is 9.10. The van der Waals surface area contributed by atoms with Gasteiger partial charge in [-0.3, -0.25) is 0 Å². The number of aromatic nitrogens is 2. The summed E-state index contributed by atoms with van der Waals surface area (Å²) < 4.78 is 12.4. The van der Waals surface area contributed by atoms with E-state index in [1.165, 1.54) is 0 Å². The molecule has 2 N–H and O–H groups in total. The Morgan fingerprint density at radius 3 is 2.79 bits per heavy atom. The maximum atomic E-state index is 6.14. The van der Waals surface area contributed by atoms with Crippen LogP contribution in [0.4, 0.5) is 5.82 Å². The molecule has 2 heterocycles. The van der Waals surface area contributed by atoms with E-state index in [1.54, 1.807) is 13.2 Å². The molecule has 0 aliphatic carbocycles. The Kier molecular flexibility index (Phi) is 2.64. The summed E-state index contributed by atoms with van der Waals surface area (Å²) in [7, 11) is 3.52. The molecule has 3 aromatic rings. The van der Waals surface area contributed by atoms with Gasteiger partial charge in [-0.2, -0.15) is 0 Å². The van der Waals surface area contributed by atoms with E-state index in [9.17, 15) is 0 Å². The predicted molar refractivity (Wildman–Crippen MR) is 74.4 cm³/mol. The number of methoxy groups -OCH3 is 1. The molecule has 19 heavy (non-hydrogen) atoms. The third-order valence-electron chi connectivity index (χ3n) is 3.06. The van der Waals surface area contributed by atoms with E-state index in [-0.39, 0.29) is 0 Å². The molecular weight excluding hydrogens is 266 g/mol. The molecule has 0 atom stereocenters. The molecule has 6 heteroatoms. The Bertz CT molecular complexity index is 761. The monoisotopic (exact) mass is 277 g/mol.